The van der Waals surface area contributed by atoms with Crippen LogP contribution in [0.15, 0.2) is 47.4 Å². The summed E-state index contributed by atoms with van der Waals surface area (Å²) < 4.78 is 38.6. The number of hydrogen-bond donors (Lipinski definition) is 1. The van der Waals surface area contributed by atoms with Crippen LogP contribution in [-0.2, 0) is 23.6 Å². The third kappa shape index (κ3) is 4.52. The van der Waals surface area contributed by atoms with Gasteiger partial charge in [-0.25, -0.2) is 12.7 Å². The number of amides is 1. The summed E-state index contributed by atoms with van der Waals surface area (Å²) in [6.07, 6.45) is 0. The molecule has 166 valence electrons. The van der Waals surface area contributed by atoms with E-state index < -0.39 is 10.0 Å². The topological polar surface area (TPSA) is 89.9 Å². The van der Waals surface area contributed by atoms with E-state index in [9.17, 15) is 13.2 Å². The number of aryl methyl sites for hydroxylation is 1. The normalized spacial score (nSPS) is 11.7. The molecule has 9 heteroatoms. The molecular weight excluding hydrogens is 418 g/mol. The van der Waals surface area contributed by atoms with Crippen molar-refractivity contribution in [3.05, 3.63) is 53.7 Å². The van der Waals surface area contributed by atoms with Crippen LogP contribution in [0.2, 0.25) is 0 Å². The van der Waals surface area contributed by atoms with Crippen molar-refractivity contribution in [3.8, 4) is 11.5 Å². The minimum atomic E-state index is -3.55. The van der Waals surface area contributed by atoms with E-state index in [4.69, 9.17) is 9.47 Å². The molecule has 0 unspecified atom stereocenters. The number of fused-ring (bicyclic) bond motifs is 1. The molecule has 0 radical (unpaired) electrons. The largest absolute Gasteiger partial charge is 0.493 e. The predicted octanol–water partition coefficient (Wildman–Crippen LogP) is 2.77. The zero-order valence-electron chi connectivity index (χ0n) is 18.3. The first-order valence-corrected chi connectivity index (χ1v) is 11.2. The molecule has 2 aromatic carbocycles. The molecule has 0 bridgehead atoms. The van der Waals surface area contributed by atoms with Crippen molar-refractivity contribution in [1.29, 1.82) is 0 Å². The Balaban J connectivity index is 1.83. The van der Waals surface area contributed by atoms with Crippen molar-refractivity contribution in [2.75, 3.05) is 27.8 Å². The number of methoxy groups -OCH3 is 1. The molecule has 1 aromatic heterocycles. The van der Waals surface area contributed by atoms with Crippen molar-refractivity contribution in [2.45, 2.75) is 18.4 Å². The number of rotatable bonds is 8. The maximum Gasteiger partial charge on any atom is 0.268 e. The van der Waals surface area contributed by atoms with Gasteiger partial charge in [0.05, 0.1) is 18.6 Å². The van der Waals surface area contributed by atoms with Gasteiger partial charge in [-0.2, -0.15) is 0 Å². The van der Waals surface area contributed by atoms with Crippen LogP contribution in [-0.4, -0.2) is 51.0 Å². The Morgan fingerprint density at radius 1 is 1.10 bits per heavy atom. The van der Waals surface area contributed by atoms with Crippen LogP contribution in [0.4, 0.5) is 0 Å². The highest BCUT2D eigenvalue weighted by Gasteiger charge is 2.20. The Hall–Kier alpha value is -3.04. The Labute approximate surface area is 182 Å². The number of aromatic nitrogens is 1. The number of nitrogens with zero attached hydrogens (tertiary/aromatic N) is 2. The van der Waals surface area contributed by atoms with E-state index in [1.807, 2.05) is 19.1 Å². The average molecular weight is 446 g/mol. The van der Waals surface area contributed by atoms with Crippen molar-refractivity contribution in [1.82, 2.24) is 14.2 Å². The van der Waals surface area contributed by atoms with Gasteiger partial charge in [-0.15, -0.1) is 0 Å². The van der Waals surface area contributed by atoms with Gasteiger partial charge in [0.15, 0.2) is 11.5 Å². The second-order valence-corrected chi connectivity index (χ2v) is 9.35. The number of hydrogen-bond acceptors (Lipinski definition) is 5. The third-order valence-corrected chi connectivity index (χ3v) is 6.82. The maximum atomic E-state index is 12.8. The number of benzene rings is 2. The molecule has 1 heterocycles. The van der Waals surface area contributed by atoms with Crippen LogP contribution < -0.4 is 14.8 Å². The zero-order valence-corrected chi connectivity index (χ0v) is 19.1. The van der Waals surface area contributed by atoms with Gasteiger partial charge in [0.25, 0.3) is 5.91 Å². The van der Waals surface area contributed by atoms with Crippen LogP contribution in [0.1, 0.15) is 23.0 Å². The van der Waals surface area contributed by atoms with Crippen LogP contribution in [0.25, 0.3) is 10.9 Å². The van der Waals surface area contributed by atoms with E-state index in [0.717, 1.165) is 15.4 Å². The van der Waals surface area contributed by atoms with Crippen molar-refractivity contribution in [2.24, 2.45) is 7.05 Å². The summed E-state index contributed by atoms with van der Waals surface area (Å²) in [6.45, 7) is 2.71. The number of carbonyl (C=O) groups is 1. The van der Waals surface area contributed by atoms with Gasteiger partial charge >= 0.3 is 0 Å². The van der Waals surface area contributed by atoms with E-state index in [1.165, 1.54) is 14.1 Å². The lowest BCUT2D eigenvalue weighted by atomic mass is 10.2. The van der Waals surface area contributed by atoms with Gasteiger partial charge in [0, 0.05) is 38.6 Å². The Kier molecular flexibility index (Phi) is 6.56. The van der Waals surface area contributed by atoms with Crippen LogP contribution in [0.5, 0.6) is 11.5 Å². The standard InChI is InChI=1S/C22H27N3O5S/c1-6-30-21-11-15(7-10-20(21)29-5)14-23-22(26)19-13-16-12-17(31(27,28)24(2)3)8-9-18(16)25(19)4/h7-13H,6,14H2,1-5H3,(H,23,26). The highest BCUT2D eigenvalue weighted by Crippen LogP contribution is 2.28. The first-order chi connectivity index (χ1) is 14.7. The average Bonchev–Trinajstić information content (AvgIpc) is 3.08. The quantitative estimate of drug-likeness (QED) is 0.576. The van der Waals surface area contributed by atoms with Gasteiger partial charge in [-0.1, -0.05) is 6.07 Å². The van der Waals surface area contributed by atoms with Gasteiger partial charge in [0.1, 0.15) is 5.69 Å². The second kappa shape index (κ2) is 8.99. The smallest absolute Gasteiger partial charge is 0.268 e. The Morgan fingerprint density at radius 2 is 1.84 bits per heavy atom. The summed E-state index contributed by atoms with van der Waals surface area (Å²) in [7, 11) is 2.77. The van der Waals surface area contributed by atoms with Crippen molar-refractivity contribution in [3.63, 3.8) is 0 Å². The molecule has 0 spiro atoms. The number of carbonyl (C=O) groups excluding carboxylic acids is 1. The minimum Gasteiger partial charge on any atom is -0.493 e. The van der Waals surface area contributed by atoms with Gasteiger partial charge in [-0.3, -0.25) is 4.79 Å². The summed E-state index contributed by atoms with van der Waals surface area (Å²) in [5.41, 5.74) is 2.08. The summed E-state index contributed by atoms with van der Waals surface area (Å²) in [5, 5.41) is 3.58. The molecule has 0 atom stereocenters. The van der Waals surface area contributed by atoms with Gasteiger partial charge < -0.3 is 19.4 Å². The predicted molar refractivity (Wildman–Crippen MR) is 119 cm³/mol. The molecule has 0 aliphatic rings. The maximum absolute atomic E-state index is 12.8. The molecule has 3 aromatic rings. The molecule has 1 amide bonds. The fourth-order valence-electron chi connectivity index (χ4n) is 3.29. The summed E-state index contributed by atoms with van der Waals surface area (Å²) in [5.74, 6) is 0.995. The van der Waals surface area contributed by atoms with Crippen molar-refractivity contribution >= 4 is 26.8 Å². The molecule has 0 saturated heterocycles. The molecule has 0 aliphatic heterocycles. The van der Waals surface area contributed by atoms with Gasteiger partial charge in [-0.05, 0) is 48.9 Å². The summed E-state index contributed by atoms with van der Waals surface area (Å²) in [6, 6.07) is 12.0. The first-order valence-electron chi connectivity index (χ1n) is 9.79. The summed E-state index contributed by atoms with van der Waals surface area (Å²) in [4.78, 5) is 13.0. The Bertz CT molecular complexity index is 1220. The third-order valence-electron chi connectivity index (χ3n) is 5.01. The molecule has 3 rings (SSSR count). The number of ether oxygens (including phenoxy) is 2. The fraction of sp³-hybridized carbons (Fsp3) is 0.318. The zero-order chi connectivity index (χ0) is 22.8. The highest BCUT2D eigenvalue weighted by molar-refractivity contribution is 7.89. The Morgan fingerprint density at radius 3 is 2.48 bits per heavy atom. The number of sulfonamides is 1. The summed E-state index contributed by atoms with van der Waals surface area (Å²) >= 11 is 0. The van der Waals surface area contributed by atoms with E-state index in [0.29, 0.717) is 35.7 Å². The lowest BCUT2D eigenvalue weighted by Gasteiger charge is -2.12. The van der Waals surface area contributed by atoms with Crippen LogP contribution >= 0.6 is 0 Å². The van der Waals surface area contributed by atoms with Crippen LogP contribution in [0.3, 0.4) is 0 Å². The highest BCUT2D eigenvalue weighted by atomic mass is 32.2. The first kappa shape index (κ1) is 22.6. The molecular formula is C22H27N3O5S. The van der Waals surface area contributed by atoms with E-state index in [-0.39, 0.29) is 10.8 Å². The molecule has 31 heavy (non-hydrogen) atoms. The molecule has 0 aliphatic carbocycles. The second-order valence-electron chi connectivity index (χ2n) is 7.20. The SMILES string of the molecule is CCOc1cc(CNC(=O)c2cc3cc(S(=O)(=O)N(C)C)ccc3n2C)ccc1OC. The van der Waals surface area contributed by atoms with Crippen molar-refractivity contribution < 1.29 is 22.7 Å². The molecule has 0 fully saturated rings. The lowest BCUT2D eigenvalue weighted by Crippen LogP contribution is -2.24. The van der Waals surface area contributed by atoms with Gasteiger partial charge in [0.2, 0.25) is 10.0 Å². The monoisotopic (exact) mass is 445 g/mol. The fourth-order valence-corrected chi connectivity index (χ4v) is 4.23. The van der Waals surface area contributed by atoms with Crippen LogP contribution in [0, 0.1) is 0 Å². The number of nitrogens with one attached hydrogen (secondary N) is 1. The van der Waals surface area contributed by atoms with E-state index in [1.54, 1.807) is 49.1 Å². The van der Waals surface area contributed by atoms with E-state index in [2.05, 4.69) is 5.32 Å². The molecule has 8 nitrogen and oxygen atoms in total. The molecule has 0 saturated carbocycles. The lowest BCUT2D eigenvalue weighted by molar-refractivity contribution is 0.0943. The minimum absolute atomic E-state index is 0.184. The van der Waals surface area contributed by atoms with E-state index >= 15 is 0 Å². The molecule has 1 N–H and O–H groups in total.